The minimum atomic E-state index is -0.638. The monoisotopic (exact) mass is 449 g/mol. The van der Waals surface area contributed by atoms with Crippen LogP contribution in [0.1, 0.15) is 21.6 Å². The molecule has 160 valence electrons. The zero-order chi connectivity index (χ0) is 22.2. The summed E-state index contributed by atoms with van der Waals surface area (Å²) in [5.41, 5.74) is 3.78. The van der Waals surface area contributed by atoms with Crippen molar-refractivity contribution >= 4 is 17.5 Å². The number of carbonyl (C=O) groups is 1. The fourth-order valence-electron chi connectivity index (χ4n) is 3.62. The molecule has 4 aromatic rings. The van der Waals surface area contributed by atoms with Crippen LogP contribution in [0.3, 0.4) is 0 Å². The third kappa shape index (κ3) is 3.69. The summed E-state index contributed by atoms with van der Waals surface area (Å²) >= 11 is 6.05. The van der Waals surface area contributed by atoms with Gasteiger partial charge in [-0.1, -0.05) is 41.9 Å². The number of aromatic nitrogens is 4. The van der Waals surface area contributed by atoms with Crippen LogP contribution in [0.2, 0.25) is 5.02 Å². The van der Waals surface area contributed by atoms with E-state index in [2.05, 4.69) is 15.1 Å². The highest BCUT2D eigenvalue weighted by Crippen LogP contribution is 2.35. The van der Waals surface area contributed by atoms with Crippen molar-refractivity contribution < 1.29 is 13.9 Å². The Kier molecular flexibility index (Phi) is 5.07. The number of para-hydroxylation sites is 1. The Morgan fingerprint density at radius 2 is 1.94 bits per heavy atom. The fraction of sp³-hybridized carbons (Fsp3) is 0.130. The van der Waals surface area contributed by atoms with Crippen LogP contribution in [-0.4, -0.2) is 30.6 Å². The predicted octanol–water partition coefficient (Wildman–Crippen LogP) is 4.62. The van der Waals surface area contributed by atoms with E-state index < -0.39 is 5.82 Å². The first-order valence-electron chi connectivity index (χ1n) is 9.82. The van der Waals surface area contributed by atoms with Gasteiger partial charge in [-0.2, -0.15) is 5.10 Å². The highest BCUT2D eigenvalue weighted by Gasteiger charge is 2.33. The Hall–Kier alpha value is -3.78. The van der Waals surface area contributed by atoms with Crippen LogP contribution in [0.25, 0.3) is 11.1 Å². The number of benzene rings is 2. The van der Waals surface area contributed by atoms with E-state index in [4.69, 9.17) is 16.3 Å². The van der Waals surface area contributed by atoms with E-state index in [1.54, 1.807) is 15.8 Å². The zero-order valence-electron chi connectivity index (χ0n) is 17.0. The molecule has 32 heavy (non-hydrogen) atoms. The average Bonchev–Trinajstić information content (AvgIpc) is 3.35. The van der Waals surface area contributed by atoms with Crippen molar-refractivity contribution in [1.29, 1.82) is 0 Å². The number of hydrogen-bond acceptors (Lipinski definition) is 5. The summed E-state index contributed by atoms with van der Waals surface area (Å²) in [6.07, 6.45) is 5.04. The summed E-state index contributed by atoms with van der Waals surface area (Å²) in [5, 5.41) is 4.28. The molecule has 0 saturated carbocycles. The van der Waals surface area contributed by atoms with Crippen LogP contribution in [0.4, 0.5) is 4.39 Å². The van der Waals surface area contributed by atoms with Crippen LogP contribution < -0.4 is 4.74 Å². The molecule has 0 unspecified atom stereocenters. The molecule has 1 aliphatic rings. The topological polar surface area (TPSA) is 73.1 Å². The smallest absolute Gasteiger partial charge is 0.261 e. The molecule has 0 N–H and O–H groups in total. The van der Waals surface area contributed by atoms with Crippen molar-refractivity contribution in [2.24, 2.45) is 7.05 Å². The van der Waals surface area contributed by atoms with E-state index in [0.717, 1.165) is 16.7 Å². The number of ether oxygens (including phenoxy) is 1. The zero-order valence-corrected chi connectivity index (χ0v) is 17.8. The quantitative estimate of drug-likeness (QED) is 0.444. The molecule has 0 radical (unpaired) electrons. The summed E-state index contributed by atoms with van der Waals surface area (Å²) in [4.78, 5) is 23.0. The standard InChI is InChI=1S/C23H17ClFN5O2/c1-29-11-16(9-28-29)15-7-5-14(6-8-15)10-30-12-19-20(23(30)31)22(27-13-26-19)32-21-17(24)3-2-4-18(21)25/h2-9,11,13H,10,12H2,1H3. The van der Waals surface area contributed by atoms with Gasteiger partial charge in [-0.25, -0.2) is 14.4 Å². The molecule has 5 rings (SSSR count). The summed E-state index contributed by atoms with van der Waals surface area (Å²) in [5.74, 6) is -1.10. The largest absolute Gasteiger partial charge is 0.433 e. The number of halogens is 2. The number of fused-ring (bicyclic) bond motifs is 1. The molecule has 3 heterocycles. The van der Waals surface area contributed by atoms with E-state index in [1.165, 1.54) is 24.5 Å². The maximum Gasteiger partial charge on any atom is 0.261 e. The third-order valence-electron chi connectivity index (χ3n) is 5.22. The SMILES string of the molecule is Cn1cc(-c2ccc(CN3Cc4ncnc(Oc5c(F)cccc5Cl)c4C3=O)cc2)cn1. The van der Waals surface area contributed by atoms with Gasteiger partial charge < -0.3 is 9.64 Å². The van der Waals surface area contributed by atoms with Crippen LogP contribution in [0.5, 0.6) is 11.6 Å². The van der Waals surface area contributed by atoms with Crippen molar-refractivity contribution in [1.82, 2.24) is 24.6 Å². The molecule has 0 bridgehead atoms. The summed E-state index contributed by atoms with van der Waals surface area (Å²) in [6.45, 7) is 0.699. The molecule has 0 saturated heterocycles. The third-order valence-corrected chi connectivity index (χ3v) is 5.51. The molecule has 2 aromatic carbocycles. The second-order valence-electron chi connectivity index (χ2n) is 7.41. The molecular weight excluding hydrogens is 433 g/mol. The molecule has 0 atom stereocenters. The summed E-state index contributed by atoms with van der Waals surface area (Å²) in [7, 11) is 1.87. The number of rotatable bonds is 5. The summed E-state index contributed by atoms with van der Waals surface area (Å²) < 4.78 is 21.5. The van der Waals surface area contributed by atoms with Crippen LogP contribution in [-0.2, 0) is 20.1 Å². The maximum absolute atomic E-state index is 14.2. The lowest BCUT2D eigenvalue weighted by Gasteiger charge is -2.15. The highest BCUT2D eigenvalue weighted by atomic mass is 35.5. The van der Waals surface area contributed by atoms with Crippen molar-refractivity contribution in [2.75, 3.05) is 0 Å². The van der Waals surface area contributed by atoms with Gasteiger partial charge in [0.1, 0.15) is 11.9 Å². The number of amides is 1. The summed E-state index contributed by atoms with van der Waals surface area (Å²) in [6, 6.07) is 12.1. The lowest BCUT2D eigenvalue weighted by molar-refractivity contribution is 0.0764. The second kappa shape index (κ2) is 8.05. The molecule has 1 amide bonds. The molecule has 0 spiro atoms. The minimum Gasteiger partial charge on any atom is -0.433 e. The number of aryl methyl sites for hydroxylation is 1. The first-order chi connectivity index (χ1) is 15.5. The molecule has 9 heteroatoms. The first-order valence-corrected chi connectivity index (χ1v) is 10.2. The van der Waals surface area contributed by atoms with Gasteiger partial charge in [0.05, 0.1) is 23.5 Å². The van der Waals surface area contributed by atoms with Crippen molar-refractivity contribution in [3.05, 3.63) is 88.8 Å². The molecule has 7 nitrogen and oxygen atoms in total. The Labute approximate surface area is 188 Å². The van der Waals surface area contributed by atoms with E-state index >= 15 is 0 Å². The van der Waals surface area contributed by atoms with Gasteiger partial charge >= 0.3 is 0 Å². The van der Waals surface area contributed by atoms with Crippen LogP contribution in [0.15, 0.2) is 61.2 Å². The van der Waals surface area contributed by atoms with Crippen LogP contribution in [0, 0.1) is 5.82 Å². The normalized spacial score (nSPS) is 12.8. The highest BCUT2D eigenvalue weighted by molar-refractivity contribution is 6.32. The van der Waals surface area contributed by atoms with Crippen molar-refractivity contribution in [3.8, 4) is 22.8 Å². The van der Waals surface area contributed by atoms with Gasteiger partial charge in [-0.3, -0.25) is 9.48 Å². The molecular formula is C23H17ClFN5O2. The Morgan fingerprint density at radius 3 is 2.66 bits per heavy atom. The van der Waals surface area contributed by atoms with Gasteiger partial charge in [0.15, 0.2) is 11.6 Å². The fourth-order valence-corrected chi connectivity index (χ4v) is 3.83. The predicted molar refractivity (Wildman–Crippen MR) is 116 cm³/mol. The number of carbonyl (C=O) groups excluding carboxylic acids is 1. The molecule has 1 aliphatic heterocycles. The van der Waals surface area contributed by atoms with E-state index in [-0.39, 0.29) is 28.1 Å². The van der Waals surface area contributed by atoms with E-state index in [1.807, 2.05) is 37.5 Å². The molecule has 2 aromatic heterocycles. The van der Waals surface area contributed by atoms with Gasteiger partial charge in [-0.05, 0) is 23.3 Å². The first kappa shape index (κ1) is 20.1. The average molecular weight is 450 g/mol. The number of hydrogen-bond donors (Lipinski definition) is 0. The molecule has 0 aliphatic carbocycles. The van der Waals surface area contributed by atoms with Crippen molar-refractivity contribution in [3.63, 3.8) is 0 Å². The number of nitrogens with zero attached hydrogens (tertiary/aromatic N) is 5. The van der Waals surface area contributed by atoms with Crippen molar-refractivity contribution in [2.45, 2.75) is 13.1 Å². The van der Waals surface area contributed by atoms with Gasteiger partial charge in [0.2, 0.25) is 5.88 Å². The minimum absolute atomic E-state index is 0.0126. The van der Waals surface area contributed by atoms with Gasteiger partial charge in [-0.15, -0.1) is 0 Å². The maximum atomic E-state index is 14.2. The lowest BCUT2D eigenvalue weighted by Crippen LogP contribution is -2.23. The van der Waals surface area contributed by atoms with Crippen LogP contribution >= 0.6 is 11.6 Å². The second-order valence-corrected chi connectivity index (χ2v) is 7.82. The lowest BCUT2D eigenvalue weighted by atomic mass is 10.1. The van der Waals surface area contributed by atoms with Gasteiger partial charge in [0, 0.05) is 25.4 Å². The molecule has 0 fully saturated rings. The van der Waals surface area contributed by atoms with Gasteiger partial charge in [0.25, 0.3) is 5.91 Å². The Bertz CT molecular complexity index is 1300. The Balaban J connectivity index is 1.36. The van der Waals surface area contributed by atoms with E-state index in [9.17, 15) is 9.18 Å². The van der Waals surface area contributed by atoms with E-state index in [0.29, 0.717) is 18.8 Å². The Morgan fingerprint density at radius 1 is 1.12 bits per heavy atom.